The first-order chi connectivity index (χ1) is 4.88. The number of allylic oxidation sites excluding steroid dienone is 1. The molecule has 44 valence electrons. The van der Waals surface area contributed by atoms with Crippen molar-refractivity contribution in [2.75, 3.05) is 0 Å². The molecule has 0 N–H and O–H groups in total. The van der Waals surface area contributed by atoms with Gasteiger partial charge in [0.05, 0.1) is 0 Å². The van der Waals surface area contributed by atoms with Crippen LogP contribution in [0.1, 0.15) is 11.1 Å². The van der Waals surface area contributed by atoms with Crippen molar-refractivity contribution < 1.29 is 0 Å². The molecule has 10 heavy (non-hydrogen) atoms. The summed E-state index contributed by atoms with van der Waals surface area (Å²) in [5.41, 5.74) is 2.98. The molecule has 0 radical (unpaired) electrons. The van der Waals surface area contributed by atoms with E-state index in [9.17, 15) is 0 Å². The number of hydrogen-bond acceptors (Lipinski definition) is 0. The molecule has 0 heterocycles. The van der Waals surface area contributed by atoms with Crippen LogP contribution in [-0.4, -0.2) is 49.0 Å². The summed E-state index contributed by atoms with van der Waals surface area (Å²) in [6.45, 7) is 0. The molecule has 0 aliphatic heterocycles. The zero-order valence-corrected chi connectivity index (χ0v) is 9.16. The molecule has 0 amide bonds. The molecule has 0 aromatic heterocycles. The third-order valence-electron chi connectivity index (χ3n) is 2.05. The van der Waals surface area contributed by atoms with Crippen molar-refractivity contribution >= 4 is 55.0 Å². The van der Waals surface area contributed by atoms with E-state index in [1.165, 1.54) is 5.56 Å². The Hall–Kier alpha value is 0.596. The number of benzene rings is 1. The van der Waals surface area contributed by atoms with Crippen LogP contribution in [0.2, 0.25) is 0 Å². The Morgan fingerprint density at radius 3 is 2.80 bits per heavy atom. The van der Waals surface area contributed by atoms with Gasteiger partial charge in [0.2, 0.25) is 0 Å². The molecule has 1 aliphatic rings. The molecular weight excluding hydrogens is 147 g/mol. The molecule has 1 aromatic carbocycles. The topological polar surface area (TPSA) is 0 Å². The van der Waals surface area contributed by atoms with Crippen LogP contribution < -0.4 is 0 Å². The van der Waals surface area contributed by atoms with Crippen LogP contribution in [0.4, 0.5) is 0 Å². The van der Waals surface area contributed by atoms with Gasteiger partial charge in [-0.1, -0.05) is 0 Å². The molecule has 0 nitrogen and oxygen atoms in total. The maximum absolute atomic E-state index is 2.32. The second kappa shape index (κ2) is 2.92. The summed E-state index contributed by atoms with van der Waals surface area (Å²) in [5.74, 6) is 0. The van der Waals surface area contributed by atoms with E-state index in [0.29, 0.717) is 0 Å². The van der Waals surface area contributed by atoms with Crippen molar-refractivity contribution in [2.45, 2.75) is 0.0125 Å². The number of hydrogen-bond donors (Lipinski definition) is 0. The van der Waals surface area contributed by atoms with E-state index in [2.05, 4.69) is 36.4 Å². The second-order valence-electron chi connectivity index (χ2n) is 2.78. The fourth-order valence-corrected chi connectivity index (χ4v) is 2.55. The first-order valence-corrected chi connectivity index (χ1v) is 5.45. The zero-order valence-electron chi connectivity index (χ0n) is 6.04. The van der Waals surface area contributed by atoms with Gasteiger partial charge in [-0.15, -0.1) is 0 Å². The molecule has 0 bridgehead atoms. The van der Waals surface area contributed by atoms with E-state index in [4.69, 9.17) is 0 Å². The van der Waals surface area contributed by atoms with Crippen molar-refractivity contribution in [2.24, 2.45) is 0 Å². The van der Waals surface area contributed by atoms with Gasteiger partial charge in [-0.2, -0.15) is 0 Å². The summed E-state index contributed by atoms with van der Waals surface area (Å²) < 4.78 is 0.809. The molecule has 1 heteroatoms. The molecule has 0 saturated carbocycles. The Kier molecular flexibility index (Phi) is 2.12. The Morgan fingerprint density at radius 2 is 2.00 bits per heavy atom. The quantitative estimate of drug-likeness (QED) is 0.501. The predicted molar refractivity (Wildman–Crippen MR) is 44.0 cm³/mol. The summed E-state index contributed by atoms with van der Waals surface area (Å²) in [6, 6.07) is 8.67. The van der Waals surface area contributed by atoms with Crippen LogP contribution in [-0.2, 0) is 0 Å². The van der Waals surface area contributed by atoms with E-state index in [1.807, 2.05) is 0 Å². The Morgan fingerprint density at radius 1 is 1.20 bits per heavy atom. The van der Waals surface area contributed by atoms with Gasteiger partial charge < -0.3 is 0 Å². The Balaban J connectivity index is 2.59. The van der Waals surface area contributed by atoms with Crippen LogP contribution in [0.5, 0.6) is 0 Å². The molecular formula is C9H7K. The normalized spacial score (nSPS) is 21.2. The second-order valence-corrected chi connectivity index (χ2v) is 4.72. The fraction of sp³-hybridized carbons (Fsp3) is 0.111. The molecule has 0 spiro atoms. The number of rotatable bonds is 0. The summed E-state index contributed by atoms with van der Waals surface area (Å²) in [5, 5.41) is 0. The average Bonchev–Trinajstić information content (AvgIpc) is 2.34. The van der Waals surface area contributed by atoms with Crippen molar-refractivity contribution in [1.29, 1.82) is 0 Å². The van der Waals surface area contributed by atoms with E-state index < -0.39 is 0 Å². The van der Waals surface area contributed by atoms with Crippen molar-refractivity contribution in [3.63, 3.8) is 0 Å². The average molecular weight is 154 g/mol. The minimum atomic E-state index is 0.809. The summed E-state index contributed by atoms with van der Waals surface area (Å²) in [4.78, 5) is 0. The molecule has 0 fully saturated rings. The van der Waals surface area contributed by atoms with E-state index in [1.54, 1.807) is 5.56 Å². The predicted octanol–water partition coefficient (Wildman–Crippen LogP) is 1.92. The van der Waals surface area contributed by atoms with Gasteiger partial charge in [-0.05, 0) is 0 Å². The molecule has 1 aliphatic carbocycles. The van der Waals surface area contributed by atoms with Crippen molar-refractivity contribution in [1.82, 2.24) is 0 Å². The standard InChI is InChI=1S/C9H7.K/c1-2-5-9-7-3-6-8(9)4-1;/h1-7H;. The summed E-state index contributed by atoms with van der Waals surface area (Å²) in [7, 11) is 0. The Labute approximate surface area is 94.9 Å². The first-order valence-electron chi connectivity index (χ1n) is 3.65. The molecule has 2 rings (SSSR count). The van der Waals surface area contributed by atoms with Gasteiger partial charge in [-0.25, -0.2) is 0 Å². The first kappa shape index (κ1) is 7.26. The van der Waals surface area contributed by atoms with E-state index in [-0.39, 0.29) is 0 Å². The third-order valence-corrected chi connectivity index (χ3v) is 3.62. The van der Waals surface area contributed by atoms with Crippen LogP contribution in [0.25, 0.3) is 6.08 Å². The SMILES string of the molecule is [K][CH]1C=Cc2ccccc21. The molecule has 1 unspecified atom stereocenters. The minimum absolute atomic E-state index is 0.809. The van der Waals surface area contributed by atoms with Crippen molar-refractivity contribution in [3.8, 4) is 0 Å². The van der Waals surface area contributed by atoms with E-state index in [0.717, 1.165) is 49.0 Å². The maximum atomic E-state index is 2.32. The summed E-state index contributed by atoms with van der Waals surface area (Å²) >= 11 is 0.899. The van der Waals surface area contributed by atoms with Crippen molar-refractivity contribution in [3.05, 3.63) is 41.5 Å². The molecule has 1 aromatic rings. The van der Waals surface area contributed by atoms with Gasteiger partial charge >= 0.3 is 96.5 Å². The monoisotopic (exact) mass is 154 g/mol. The van der Waals surface area contributed by atoms with Crippen LogP contribution in [0.3, 0.4) is 0 Å². The molecule has 0 saturated heterocycles. The van der Waals surface area contributed by atoms with Gasteiger partial charge in [-0.3, -0.25) is 0 Å². The number of fused-ring (bicyclic) bond motifs is 1. The molecule has 1 atom stereocenters. The van der Waals surface area contributed by atoms with E-state index >= 15 is 0 Å². The van der Waals surface area contributed by atoms with Crippen LogP contribution in [0.15, 0.2) is 30.3 Å². The van der Waals surface area contributed by atoms with Gasteiger partial charge in [0.1, 0.15) is 0 Å². The van der Waals surface area contributed by atoms with Gasteiger partial charge in [0, 0.05) is 0 Å². The van der Waals surface area contributed by atoms with Gasteiger partial charge in [0.15, 0.2) is 0 Å². The van der Waals surface area contributed by atoms with Gasteiger partial charge in [0.25, 0.3) is 0 Å². The zero-order chi connectivity index (χ0) is 6.97. The van der Waals surface area contributed by atoms with Crippen LogP contribution >= 0.6 is 0 Å². The third kappa shape index (κ3) is 1.17. The summed E-state index contributed by atoms with van der Waals surface area (Å²) in [6.07, 6.45) is 4.57. The van der Waals surface area contributed by atoms with Crippen LogP contribution in [0, 0.1) is 0 Å². The fourth-order valence-electron chi connectivity index (χ4n) is 1.43. The Bertz CT molecular complexity index is 276.